The molecule has 1 aliphatic carbocycles. The first-order valence-electron chi connectivity index (χ1n) is 7.62. The third-order valence-electron chi connectivity index (χ3n) is 4.78. The zero-order valence-electron chi connectivity index (χ0n) is 11.3. The molecule has 0 unspecified atom stereocenters. The topological polar surface area (TPSA) is 9.23 Å². The highest BCUT2D eigenvalue weighted by molar-refractivity contribution is 5.89. The molecule has 0 spiro atoms. The van der Waals surface area contributed by atoms with Gasteiger partial charge in [0.15, 0.2) is 0 Å². The largest absolute Gasteiger partial charge is 0.489 e. The molecule has 19 heavy (non-hydrogen) atoms. The summed E-state index contributed by atoms with van der Waals surface area (Å²) in [6.07, 6.45) is 8.41. The normalized spacial score (nSPS) is 26.1. The first kappa shape index (κ1) is 11.3. The zero-order chi connectivity index (χ0) is 12.7. The van der Waals surface area contributed by atoms with Crippen molar-refractivity contribution >= 4 is 10.8 Å². The lowest BCUT2D eigenvalue weighted by Gasteiger charge is -2.22. The zero-order valence-corrected chi connectivity index (χ0v) is 11.3. The summed E-state index contributed by atoms with van der Waals surface area (Å²) < 4.78 is 6.25. The smallest absolute Gasteiger partial charge is 0.124 e. The summed E-state index contributed by atoms with van der Waals surface area (Å²) in [5.74, 6) is 1.78. The second-order valence-electron chi connectivity index (χ2n) is 5.95. The van der Waals surface area contributed by atoms with E-state index in [1.54, 1.807) is 0 Å². The van der Waals surface area contributed by atoms with Gasteiger partial charge in [0, 0.05) is 11.5 Å². The van der Waals surface area contributed by atoms with Crippen LogP contribution >= 0.6 is 0 Å². The molecule has 1 heteroatoms. The molecule has 1 heterocycles. The van der Waals surface area contributed by atoms with Gasteiger partial charge < -0.3 is 4.74 Å². The maximum absolute atomic E-state index is 6.25. The van der Waals surface area contributed by atoms with Crippen LogP contribution < -0.4 is 4.74 Å². The SMILES string of the molecule is c1ccc2c3c(ccc2c1)O[C@@H]1CCCCCC[C@H]31. The van der Waals surface area contributed by atoms with E-state index >= 15 is 0 Å². The Kier molecular flexibility index (Phi) is 2.72. The highest BCUT2D eigenvalue weighted by Gasteiger charge is 2.35. The molecule has 0 saturated heterocycles. The van der Waals surface area contributed by atoms with E-state index in [0.29, 0.717) is 12.0 Å². The van der Waals surface area contributed by atoms with Gasteiger partial charge in [0.2, 0.25) is 0 Å². The molecule has 0 amide bonds. The summed E-state index contributed by atoms with van der Waals surface area (Å²) in [7, 11) is 0. The van der Waals surface area contributed by atoms with E-state index in [0.717, 1.165) is 5.75 Å². The number of benzene rings is 2. The Bertz CT molecular complexity index is 602. The average molecular weight is 252 g/mol. The second-order valence-corrected chi connectivity index (χ2v) is 5.95. The van der Waals surface area contributed by atoms with Crippen LogP contribution in [0.1, 0.15) is 50.0 Å². The lowest BCUT2D eigenvalue weighted by molar-refractivity contribution is 0.177. The van der Waals surface area contributed by atoms with Crippen LogP contribution in [0.25, 0.3) is 10.8 Å². The number of fused-ring (bicyclic) bond motifs is 5. The molecule has 1 aliphatic heterocycles. The van der Waals surface area contributed by atoms with Crippen molar-refractivity contribution in [1.82, 2.24) is 0 Å². The molecular weight excluding hydrogens is 232 g/mol. The van der Waals surface area contributed by atoms with Gasteiger partial charge in [-0.25, -0.2) is 0 Å². The third-order valence-corrected chi connectivity index (χ3v) is 4.78. The number of ether oxygens (including phenoxy) is 1. The summed E-state index contributed by atoms with van der Waals surface area (Å²) in [5, 5.41) is 2.76. The number of hydrogen-bond donors (Lipinski definition) is 0. The molecule has 2 aromatic carbocycles. The maximum Gasteiger partial charge on any atom is 0.124 e. The van der Waals surface area contributed by atoms with Crippen LogP contribution in [0.2, 0.25) is 0 Å². The summed E-state index contributed by atoms with van der Waals surface area (Å²) in [6.45, 7) is 0. The highest BCUT2D eigenvalue weighted by atomic mass is 16.5. The third kappa shape index (κ3) is 1.83. The van der Waals surface area contributed by atoms with Crippen molar-refractivity contribution in [3.63, 3.8) is 0 Å². The molecule has 1 nitrogen and oxygen atoms in total. The Labute approximate surface area is 114 Å². The second kappa shape index (κ2) is 4.56. The van der Waals surface area contributed by atoms with E-state index in [4.69, 9.17) is 4.74 Å². The highest BCUT2D eigenvalue weighted by Crippen LogP contribution is 2.47. The van der Waals surface area contributed by atoms with Gasteiger partial charge >= 0.3 is 0 Å². The summed E-state index contributed by atoms with van der Waals surface area (Å²) in [6, 6.07) is 13.1. The fourth-order valence-corrected chi connectivity index (χ4v) is 3.85. The molecule has 1 fully saturated rings. The van der Waals surface area contributed by atoms with Crippen molar-refractivity contribution in [3.05, 3.63) is 42.0 Å². The van der Waals surface area contributed by atoms with E-state index in [9.17, 15) is 0 Å². The van der Waals surface area contributed by atoms with E-state index in [1.807, 2.05) is 0 Å². The lowest BCUT2D eigenvalue weighted by Crippen LogP contribution is -2.20. The van der Waals surface area contributed by atoms with Crippen LogP contribution in [-0.4, -0.2) is 6.10 Å². The van der Waals surface area contributed by atoms with E-state index in [-0.39, 0.29) is 0 Å². The predicted molar refractivity (Wildman–Crippen MR) is 78.8 cm³/mol. The van der Waals surface area contributed by atoms with Crippen molar-refractivity contribution in [2.45, 2.75) is 50.5 Å². The molecule has 2 aliphatic rings. The molecule has 0 radical (unpaired) electrons. The first-order valence-corrected chi connectivity index (χ1v) is 7.62. The Hall–Kier alpha value is -1.50. The van der Waals surface area contributed by atoms with Crippen LogP contribution in [0.5, 0.6) is 5.75 Å². The molecular formula is C18H20O. The van der Waals surface area contributed by atoms with Crippen LogP contribution in [0, 0.1) is 0 Å². The van der Waals surface area contributed by atoms with Gasteiger partial charge in [-0.15, -0.1) is 0 Å². The minimum Gasteiger partial charge on any atom is -0.489 e. The van der Waals surface area contributed by atoms with Crippen LogP contribution in [0.4, 0.5) is 0 Å². The molecule has 1 saturated carbocycles. The standard InChI is InChI=1S/C18H20O/c1-2-4-10-16-15(9-3-1)18-14-8-6-5-7-13(14)11-12-17(18)19-16/h5-8,11-12,15-16H,1-4,9-10H2/t15-,16+/m0/s1. The van der Waals surface area contributed by atoms with Gasteiger partial charge in [-0.05, 0) is 36.1 Å². The quantitative estimate of drug-likeness (QED) is 0.638. The minimum absolute atomic E-state index is 0.432. The van der Waals surface area contributed by atoms with E-state index < -0.39 is 0 Å². The van der Waals surface area contributed by atoms with Crippen LogP contribution in [0.15, 0.2) is 36.4 Å². The van der Waals surface area contributed by atoms with Crippen LogP contribution in [0.3, 0.4) is 0 Å². The van der Waals surface area contributed by atoms with E-state index in [1.165, 1.54) is 54.9 Å². The maximum atomic E-state index is 6.25. The van der Waals surface area contributed by atoms with Crippen molar-refractivity contribution in [1.29, 1.82) is 0 Å². The van der Waals surface area contributed by atoms with Gasteiger partial charge in [-0.2, -0.15) is 0 Å². The Balaban J connectivity index is 1.85. The average Bonchev–Trinajstić information content (AvgIpc) is 2.76. The van der Waals surface area contributed by atoms with Gasteiger partial charge in [0.1, 0.15) is 11.9 Å². The molecule has 0 bridgehead atoms. The molecule has 98 valence electrons. The lowest BCUT2D eigenvalue weighted by atomic mass is 9.83. The molecule has 0 N–H and O–H groups in total. The first-order chi connectivity index (χ1) is 9.43. The van der Waals surface area contributed by atoms with Crippen molar-refractivity contribution in [2.75, 3.05) is 0 Å². The summed E-state index contributed by atoms with van der Waals surface area (Å²) >= 11 is 0. The Morgan fingerprint density at radius 3 is 2.63 bits per heavy atom. The summed E-state index contributed by atoms with van der Waals surface area (Å²) in [4.78, 5) is 0. The van der Waals surface area contributed by atoms with Gasteiger partial charge in [-0.3, -0.25) is 0 Å². The fraction of sp³-hybridized carbons (Fsp3) is 0.444. The monoisotopic (exact) mass is 252 g/mol. The van der Waals surface area contributed by atoms with Crippen LogP contribution in [-0.2, 0) is 0 Å². The molecule has 4 rings (SSSR count). The van der Waals surface area contributed by atoms with Crippen molar-refractivity contribution in [2.24, 2.45) is 0 Å². The molecule has 2 atom stereocenters. The number of hydrogen-bond acceptors (Lipinski definition) is 1. The number of rotatable bonds is 0. The van der Waals surface area contributed by atoms with E-state index in [2.05, 4.69) is 36.4 Å². The minimum atomic E-state index is 0.432. The van der Waals surface area contributed by atoms with Crippen molar-refractivity contribution < 1.29 is 4.74 Å². The van der Waals surface area contributed by atoms with Gasteiger partial charge in [-0.1, -0.05) is 49.6 Å². The summed E-state index contributed by atoms with van der Waals surface area (Å²) in [5.41, 5.74) is 1.49. The Morgan fingerprint density at radius 2 is 1.68 bits per heavy atom. The van der Waals surface area contributed by atoms with Gasteiger partial charge in [0.25, 0.3) is 0 Å². The van der Waals surface area contributed by atoms with Gasteiger partial charge in [0.05, 0.1) is 0 Å². The van der Waals surface area contributed by atoms with Crippen molar-refractivity contribution in [3.8, 4) is 5.75 Å². The molecule has 0 aromatic heterocycles. The fourth-order valence-electron chi connectivity index (χ4n) is 3.85. The molecule has 2 aromatic rings. The predicted octanol–water partition coefficient (Wildman–Crippen LogP) is 5.04. The Morgan fingerprint density at radius 1 is 0.842 bits per heavy atom.